The average Bonchev–Trinajstić information content (AvgIpc) is 2.74. The molecule has 7 heteroatoms. The van der Waals surface area contributed by atoms with Crippen LogP contribution in [0.25, 0.3) is 0 Å². The molecule has 2 aromatic carbocycles. The van der Waals surface area contributed by atoms with E-state index in [9.17, 15) is 14.4 Å². The third-order valence-electron chi connectivity index (χ3n) is 4.12. The zero-order valence-corrected chi connectivity index (χ0v) is 17.5. The molecule has 0 aliphatic heterocycles. The minimum absolute atomic E-state index is 0.115. The van der Waals surface area contributed by atoms with E-state index in [0.717, 1.165) is 5.56 Å². The molecule has 0 saturated carbocycles. The molecule has 0 unspecified atom stereocenters. The number of anilines is 2. The molecular weight excluding hydrogens is 446 g/mol. The molecule has 0 spiro atoms. The minimum atomic E-state index is -0.362. The maximum atomic E-state index is 12.6. The molecule has 1 heterocycles. The zero-order valence-electron chi connectivity index (χ0n) is 15.9. The van der Waals surface area contributed by atoms with Gasteiger partial charge in [0.2, 0.25) is 0 Å². The molecule has 2 N–H and O–H groups in total. The summed E-state index contributed by atoms with van der Waals surface area (Å²) in [5.74, 6) is -0.796. The van der Waals surface area contributed by atoms with Gasteiger partial charge in [-0.2, -0.15) is 0 Å². The van der Waals surface area contributed by atoms with E-state index in [-0.39, 0.29) is 29.7 Å². The van der Waals surface area contributed by atoms with Gasteiger partial charge in [0.05, 0.1) is 0 Å². The summed E-state index contributed by atoms with van der Waals surface area (Å²) in [6.07, 6.45) is 1.45. The van der Waals surface area contributed by atoms with Crippen LogP contribution in [-0.4, -0.2) is 22.6 Å². The Morgan fingerprint density at radius 1 is 0.900 bits per heavy atom. The molecule has 3 rings (SSSR count). The zero-order chi connectivity index (χ0) is 21.5. The quantitative estimate of drug-likeness (QED) is 0.394. The Labute approximate surface area is 182 Å². The lowest BCUT2D eigenvalue weighted by molar-refractivity contribution is -0.114. The summed E-state index contributed by atoms with van der Waals surface area (Å²) in [5, 5.41) is 5.55. The number of carbonyl (C=O) groups is 3. The van der Waals surface area contributed by atoms with E-state index in [1.54, 1.807) is 66.7 Å². The maximum Gasteiger partial charge on any atom is 0.274 e. The van der Waals surface area contributed by atoms with Crippen LogP contribution in [0.15, 0.2) is 84.0 Å². The first-order valence-corrected chi connectivity index (χ1v) is 9.83. The fraction of sp³-hybridized carbons (Fsp3) is 0.0435. The van der Waals surface area contributed by atoms with Crippen LogP contribution in [0.4, 0.5) is 11.4 Å². The Kier molecular flexibility index (Phi) is 6.87. The van der Waals surface area contributed by atoms with Crippen LogP contribution in [0, 0.1) is 0 Å². The number of ketones is 1. The monoisotopic (exact) mass is 463 g/mol. The Morgan fingerprint density at radius 2 is 1.57 bits per heavy atom. The van der Waals surface area contributed by atoms with Gasteiger partial charge >= 0.3 is 0 Å². The van der Waals surface area contributed by atoms with E-state index < -0.39 is 0 Å². The van der Waals surface area contributed by atoms with Crippen LogP contribution in [0.5, 0.6) is 0 Å². The van der Waals surface area contributed by atoms with Gasteiger partial charge < -0.3 is 10.6 Å². The highest BCUT2D eigenvalue weighted by molar-refractivity contribution is 9.10. The SMILES string of the molecule is C=CC(=O)Cc1cccc(C(=O)Nc2cccc(NC(=O)c3cccc(Br)n3)c2)c1. The first-order valence-electron chi connectivity index (χ1n) is 9.04. The largest absolute Gasteiger partial charge is 0.322 e. The predicted octanol–water partition coefficient (Wildman–Crippen LogP) is 4.65. The predicted molar refractivity (Wildman–Crippen MR) is 120 cm³/mol. The number of hydrogen-bond donors (Lipinski definition) is 2. The van der Waals surface area contributed by atoms with Crippen molar-refractivity contribution in [1.82, 2.24) is 4.98 Å². The van der Waals surface area contributed by atoms with Gasteiger partial charge in [0, 0.05) is 23.4 Å². The molecule has 6 nitrogen and oxygen atoms in total. The first-order chi connectivity index (χ1) is 14.4. The molecule has 150 valence electrons. The number of carbonyl (C=O) groups excluding carboxylic acids is 3. The van der Waals surface area contributed by atoms with E-state index in [2.05, 4.69) is 38.1 Å². The summed E-state index contributed by atoms with van der Waals surface area (Å²) in [5.41, 5.74) is 2.47. The topological polar surface area (TPSA) is 88.2 Å². The number of pyridine rings is 1. The van der Waals surface area contributed by atoms with E-state index in [1.165, 1.54) is 6.08 Å². The Bertz CT molecular complexity index is 1130. The van der Waals surface area contributed by atoms with Gasteiger partial charge in [-0.1, -0.05) is 30.8 Å². The summed E-state index contributed by atoms with van der Waals surface area (Å²) in [6.45, 7) is 3.46. The van der Waals surface area contributed by atoms with Gasteiger partial charge in [0.25, 0.3) is 11.8 Å². The average molecular weight is 464 g/mol. The summed E-state index contributed by atoms with van der Waals surface area (Å²) in [6, 6.07) is 18.7. The molecule has 3 aromatic rings. The summed E-state index contributed by atoms with van der Waals surface area (Å²) < 4.78 is 0.563. The van der Waals surface area contributed by atoms with E-state index >= 15 is 0 Å². The van der Waals surface area contributed by atoms with Crippen LogP contribution in [-0.2, 0) is 11.2 Å². The molecule has 0 aliphatic carbocycles. The fourth-order valence-corrected chi connectivity index (χ4v) is 3.05. The standard InChI is InChI=1S/C23H18BrN3O3/c1-2-19(28)13-15-6-3-7-16(12-15)22(29)25-17-8-4-9-18(14-17)26-23(30)20-10-5-11-21(24)27-20/h2-12,14H,1,13H2,(H,25,29)(H,26,30). The number of benzene rings is 2. The Morgan fingerprint density at radius 3 is 2.27 bits per heavy atom. The molecule has 0 fully saturated rings. The third-order valence-corrected chi connectivity index (χ3v) is 4.56. The highest BCUT2D eigenvalue weighted by Gasteiger charge is 2.11. The molecule has 0 bridgehead atoms. The summed E-state index contributed by atoms with van der Waals surface area (Å²) in [7, 11) is 0. The van der Waals surface area contributed by atoms with Crippen LogP contribution >= 0.6 is 15.9 Å². The van der Waals surface area contributed by atoms with Crippen molar-refractivity contribution in [2.75, 3.05) is 10.6 Å². The van der Waals surface area contributed by atoms with Gasteiger partial charge in [0.1, 0.15) is 10.3 Å². The highest BCUT2D eigenvalue weighted by Crippen LogP contribution is 2.18. The number of rotatable bonds is 7. The number of amides is 2. The Hall–Kier alpha value is -3.58. The van der Waals surface area contributed by atoms with Crippen molar-refractivity contribution in [3.63, 3.8) is 0 Å². The molecular formula is C23H18BrN3O3. The second-order valence-corrected chi connectivity index (χ2v) is 7.19. The fourth-order valence-electron chi connectivity index (χ4n) is 2.70. The van der Waals surface area contributed by atoms with Crippen molar-refractivity contribution in [2.45, 2.75) is 6.42 Å². The van der Waals surface area contributed by atoms with Crippen LogP contribution < -0.4 is 10.6 Å². The summed E-state index contributed by atoms with van der Waals surface area (Å²) in [4.78, 5) is 40.6. The lowest BCUT2D eigenvalue weighted by atomic mass is 10.1. The van der Waals surface area contributed by atoms with Gasteiger partial charge in [0.15, 0.2) is 5.78 Å². The summed E-state index contributed by atoms with van der Waals surface area (Å²) >= 11 is 3.24. The van der Waals surface area contributed by atoms with Gasteiger partial charge in [-0.05, 0) is 70.0 Å². The van der Waals surface area contributed by atoms with Crippen molar-refractivity contribution < 1.29 is 14.4 Å². The van der Waals surface area contributed by atoms with Crippen LogP contribution in [0.1, 0.15) is 26.4 Å². The Balaban J connectivity index is 1.70. The van der Waals surface area contributed by atoms with Gasteiger partial charge in [-0.3, -0.25) is 14.4 Å². The number of halogens is 1. The molecule has 0 atom stereocenters. The minimum Gasteiger partial charge on any atom is -0.322 e. The van der Waals surface area contributed by atoms with Gasteiger partial charge in [-0.25, -0.2) is 4.98 Å². The number of aromatic nitrogens is 1. The molecule has 0 aliphatic rings. The lowest BCUT2D eigenvalue weighted by Gasteiger charge is -2.09. The first kappa shape index (κ1) is 21.1. The van der Waals surface area contributed by atoms with Crippen LogP contribution in [0.3, 0.4) is 0 Å². The number of nitrogens with one attached hydrogen (secondary N) is 2. The second-order valence-electron chi connectivity index (χ2n) is 6.38. The van der Waals surface area contributed by atoms with Crippen molar-refractivity contribution in [2.24, 2.45) is 0 Å². The van der Waals surface area contributed by atoms with Crippen molar-refractivity contribution >= 4 is 44.9 Å². The van der Waals surface area contributed by atoms with Crippen molar-refractivity contribution in [3.05, 3.63) is 101 Å². The van der Waals surface area contributed by atoms with Gasteiger partial charge in [-0.15, -0.1) is 0 Å². The lowest BCUT2D eigenvalue weighted by Crippen LogP contribution is -2.15. The molecule has 0 saturated heterocycles. The van der Waals surface area contributed by atoms with Crippen molar-refractivity contribution in [3.8, 4) is 0 Å². The normalized spacial score (nSPS) is 10.2. The maximum absolute atomic E-state index is 12.6. The smallest absolute Gasteiger partial charge is 0.274 e. The molecule has 2 amide bonds. The number of nitrogens with zero attached hydrogens (tertiary/aromatic N) is 1. The van der Waals surface area contributed by atoms with E-state index in [1.807, 2.05) is 0 Å². The highest BCUT2D eigenvalue weighted by atomic mass is 79.9. The molecule has 1 aromatic heterocycles. The van der Waals surface area contributed by atoms with E-state index in [0.29, 0.717) is 21.5 Å². The number of hydrogen-bond acceptors (Lipinski definition) is 4. The van der Waals surface area contributed by atoms with E-state index in [4.69, 9.17) is 0 Å². The van der Waals surface area contributed by atoms with Crippen LogP contribution in [0.2, 0.25) is 0 Å². The molecule has 30 heavy (non-hydrogen) atoms. The second kappa shape index (κ2) is 9.76. The van der Waals surface area contributed by atoms with Crippen molar-refractivity contribution in [1.29, 1.82) is 0 Å². The number of allylic oxidation sites excluding steroid dienone is 1. The molecule has 0 radical (unpaired) electrons. The third kappa shape index (κ3) is 5.71.